The van der Waals surface area contributed by atoms with Gasteiger partial charge in [-0.15, -0.1) is 0 Å². The molecule has 0 unspecified atom stereocenters. The summed E-state index contributed by atoms with van der Waals surface area (Å²) in [6.07, 6.45) is -8.09. The lowest BCUT2D eigenvalue weighted by Crippen LogP contribution is -2.43. The minimum atomic E-state index is -2.13. The fourth-order valence-electron chi connectivity index (χ4n) is 3.17. The van der Waals surface area contributed by atoms with Crippen LogP contribution in [0, 0.1) is 18.3 Å². The van der Waals surface area contributed by atoms with Crippen LogP contribution in [0.15, 0.2) is 30.3 Å². The lowest BCUT2D eigenvalue weighted by molar-refractivity contribution is -0.116. The van der Waals surface area contributed by atoms with Crippen LogP contribution in [0.1, 0.15) is 40.2 Å². The molecule has 4 atom stereocenters. The number of hydrogen-bond acceptors (Lipinski definition) is 10. The van der Waals surface area contributed by atoms with E-state index in [1.807, 2.05) is 0 Å². The predicted octanol–water partition coefficient (Wildman–Crippen LogP) is 0.191. The molecular formula is C22H26N4O8. The Labute approximate surface area is 195 Å². The number of carbonyl (C=O) groups excluding carboxylic acids is 2. The SMILES string of the molecule is CCOC(=O)c1c(C)nc(NC(=O)Nc2ccccc2)c(C#N)c1[C@H](O)[C@@H](O)[C@H](O)[C@H](O)CO. The molecule has 34 heavy (non-hydrogen) atoms. The van der Waals surface area contributed by atoms with Crippen molar-refractivity contribution in [3.05, 3.63) is 52.7 Å². The number of esters is 1. The van der Waals surface area contributed by atoms with E-state index in [1.165, 1.54) is 13.8 Å². The van der Waals surface area contributed by atoms with Gasteiger partial charge in [-0.25, -0.2) is 14.6 Å². The number of urea groups is 1. The molecule has 0 saturated carbocycles. The Kier molecular flexibility index (Phi) is 9.43. The molecule has 2 rings (SSSR count). The molecule has 0 saturated heterocycles. The number of aliphatic hydroxyl groups is 5. The number of pyridine rings is 1. The molecule has 1 aromatic heterocycles. The largest absolute Gasteiger partial charge is 0.462 e. The number of nitrogens with zero attached hydrogens (tertiary/aromatic N) is 2. The third kappa shape index (κ3) is 6.04. The van der Waals surface area contributed by atoms with Gasteiger partial charge in [-0.05, 0) is 26.0 Å². The van der Waals surface area contributed by atoms with Crippen LogP contribution in [-0.4, -0.2) is 74.0 Å². The van der Waals surface area contributed by atoms with Gasteiger partial charge in [0.15, 0.2) is 5.82 Å². The summed E-state index contributed by atoms with van der Waals surface area (Å²) in [6, 6.07) is 9.32. The molecule has 1 heterocycles. The number of carbonyl (C=O) groups is 2. The Morgan fingerprint density at radius 3 is 2.32 bits per heavy atom. The molecule has 1 aromatic carbocycles. The quantitative estimate of drug-likeness (QED) is 0.246. The third-order valence-electron chi connectivity index (χ3n) is 4.82. The number of rotatable bonds is 9. The maximum absolute atomic E-state index is 12.6. The smallest absolute Gasteiger partial charge is 0.340 e. The second-order valence-electron chi connectivity index (χ2n) is 7.16. The number of para-hydroxylation sites is 1. The van der Waals surface area contributed by atoms with Crippen molar-refractivity contribution in [2.75, 3.05) is 23.8 Å². The zero-order valence-corrected chi connectivity index (χ0v) is 18.5. The molecule has 0 bridgehead atoms. The van der Waals surface area contributed by atoms with Crippen molar-refractivity contribution in [1.29, 1.82) is 5.26 Å². The van der Waals surface area contributed by atoms with E-state index in [0.717, 1.165) is 0 Å². The molecule has 0 radical (unpaired) electrons. The van der Waals surface area contributed by atoms with Crippen molar-refractivity contribution < 1.29 is 39.9 Å². The molecular weight excluding hydrogens is 448 g/mol. The van der Waals surface area contributed by atoms with E-state index in [0.29, 0.717) is 5.69 Å². The van der Waals surface area contributed by atoms with Crippen LogP contribution in [-0.2, 0) is 4.74 Å². The van der Waals surface area contributed by atoms with Crippen LogP contribution >= 0.6 is 0 Å². The Hall–Kier alpha value is -3.60. The molecule has 2 aromatic rings. The van der Waals surface area contributed by atoms with Crippen molar-refractivity contribution in [2.24, 2.45) is 0 Å². The van der Waals surface area contributed by atoms with Crippen LogP contribution in [0.25, 0.3) is 0 Å². The fourth-order valence-corrected chi connectivity index (χ4v) is 3.17. The second kappa shape index (κ2) is 12.0. The zero-order valence-electron chi connectivity index (χ0n) is 18.5. The number of aryl methyl sites for hydroxylation is 1. The van der Waals surface area contributed by atoms with Crippen LogP contribution in [0.4, 0.5) is 16.3 Å². The first kappa shape index (κ1) is 26.7. The number of hydrogen-bond donors (Lipinski definition) is 7. The molecule has 0 aliphatic carbocycles. The van der Waals surface area contributed by atoms with Gasteiger partial charge in [-0.1, -0.05) is 18.2 Å². The highest BCUT2D eigenvalue weighted by molar-refractivity contribution is 6.01. The van der Waals surface area contributed by atoms with Crippen molar-refractivity contribution in [1.82, 2.24) is 4.98 Å². The first-order chi connectivity index (χ1) is 16.2. The average Bonchev–Trinajstić information content (AvgIpc) is 2.82. The molecule has 12 nitrogen and oxygen atoms in total. The highest BCUT2D eigenvalue weighted by atomic mass is 16.5. The van der Waals surface area contributed by atoms with Crippen LogP contribution in [0.2, 0.25) is 0 Å². The van der Waals surface area contributed by atoms with Gasteiger partial charge >= 0.3 is 12.0 Å². The summed E-state index contributed by atoms with van der Waals surface area (Å²) in [5.74, 6) is -1.30. The van der Waals surface area contributed by atoms with Crippen molar-refractivity contribution >= 4 is 23.5 Å². The second-order valence-corrected chi connectivity index (χ2v) is 7.16. The summed E-state index contributed by atoms with van der Waals surface area (Å²) in [6.45, 7) is 1.91. The van der Waals surface area contributed by atoms with E-state index in [-0.39, 0.29) is 23.7 Å². The predicted molar refractivity (Wildman–Crippen MR) is 119 cm³/mol. The van der Waals surface area contributed by atoms with Crippen molar-refractivity contribution in [3.8, 4) is 6.07 Å². The van der Waals surface area contributed by atoms with Gasteiger partial charge in [0.2, 0.25) is 0 Å². The molecule has 0 spiro atoms. The van der Waals surface area contributed by atoms with Crippen LogP contribution in [0.3, 0.4) is 0 Å². The Balaban J connectivity index is 2.57. The lowest BCUT2D eigenvalue weighted by Gasteiger charge is -2.28. The number of benzene rings is 1. The number of amides is 2. The maximum Gasteiger partial charge on any atom is 0.340 e. The summed E-state index contributed by atoms with van der Waals surface area (Å²) >= 11 is 0. The number of aliphatic hydroxyl groups excluding tert-OH is 5. The number of nitrogens with one attached hydrogen (secondary N) is 2. The Morgan fingerprint density at radius 2 is 1.76 bits per heavy atom. The summed E-state index contributed by atoms with van der Waals surface area (Å²) in [5.41, 5.74) is -0.917. The fraction of sp³-hybridized carbons (Fsp3) is 0.364. The molecule has 12 heteroatoms. The lowest BCUT2D eigenvalue weighted by atomic mass is 9.90. The van der Waals surface area contributed by atoms with Crippen LogP contribution < -0.4 is 10.6 Å². The van der Waals surface area contributed by atoms with E-state index in [2.05, 4.69) is 15.6 Å². The van der Waals surface area contributed by atoms with Crippen molar-refractivity contribution in [3.63, 3.8) is 0 Å². The van der Waals surface area contributed by atoms with Crippen molar-refractivity contribution in [2.45, 2.75) is 38.3 Å². The topological polar surface area (TPSA) is 205 Å². The van der Waals surface area contributed by atoms with E-state index in [4.69, 9.17) is 9.84 Å². The summed E-state index contributed by atoms with van der Waals surface area (Å²) in [7, 11) is 0. The maximum atomic E-state index is 12.6. The van der Waals surface area contributed by atoms with Gasteiger partial charge < -0.3 is 35.6 Å². The summed E-state index contributed by atoms with van der Waals surface area (Å²) in [4.78, 5) is 29.1. The average molecular weight is 474 g/mol. The Morgan fingerprint density at radius 1 is 1.12 bits per heavy atom. The van der Waals surface area contributed by atoms with Gasteiger partial charge in [-0.2, -0.15) is 5.26 Å². The van der Waals surface area contributed by atoms with Gasteiger partial charge in [0, 0.05) is 11.3 Å². The minimum Gasteiger partial charge on any atom is -0.462 e. The zero-order chi connectivity index (χ0) is 25.4. The molecule has 7 N–H and O–H groups in total. The van der Waals surface area contributed by atoms with Gasteiger partial charge in [0.25, 0.3) is 0 Å². The molecule has 0 aliphatic rings. The normalized spacial score (nSPS) is 14.3. The number of nitriles is 1. The first-order valence-corrected chi connectivity index (χ1v) is 10.2. The number of aromatic nitrogens is 1. The summed E-state index contributed by atoms with van der Waals surface area (Å²) in [5, 5.41) is 64.6. The number of ether oxygens (including phenoxy) is 1. The first-order valence-electron chi connectivity index (χ1n) is 10.2. The standard InChI is InChI=1S/C22H26N4O8/c1-3-34-21(32)15-11(2)24-20(26-22(33)25-12-7-5-4-6-8-12)13(9-23)16(15)18(30)19(31)17(29)14(28)10-27/h4-8,14,17-19,27-31H,3,10H2,1-2H3,(H2,24,25,26,33)/t14-,17-,18+,19+/m1/s1. The highest BCUT2D eigenvalue weighted by Gasteiger charge is 2.37. The summed E-state index contributed by atoms with van der Waals surface area (Å²) < 4.78 is 4.98. The highest BCUT2D eigenvalue weighted by Crippen LogP contribution is 2.33. The van der Waals surface area contributed by atoms with Gasteiger partial charge in [0.1, 0.15) is 36.0 Å². The minimum absolute atomic E-state index is 0.0501. The van der Waals surface area contributed by atoms with E-state index < -0.39 is 54.2 Å². The molecule has 2 amide bonds. The van der Waals surface area contributed by atoms with E-state index in [1.54, 1.807) is 36.4 Å². The molecule has 0 fully saturated rings. The van der Waals surface area contributed by atoms with E-state index in [9.17, 15) is 35.3 Å². The molecule has 0 aliphatic heterocycles. The van der Waals surface area contributed by atoms with E-state index >= 15 is 0 Å². The molecule has 182 valence electrons. The Bertz CT molecular complexity index is 1060. The number of anilines is 2. The van der Waals surface area contributed by atoms with Crippen LogP contribution in [0.5, 0.6) is 0 Å². The third-order valence-corrected chi connectivity index (χ3v) is 4.82. The van der Waals surface area contributed by atoms with Gasteiger partial charge in [-0.3, -0.25) is 5.32 Å². The van der Waals surface area contributed by atoms with Gasteiger partial charge in [0.05, 0.1) is 24.5 Å². The monoisotopic (exact) mass is 474 g/mol.